The van der Waals surface area contributed by atoms with Crippen molar-refractivity contribution in [1.29, 1.82) is 0 Å². The molecule has 5 N–H and O–H groups in total. The molecule has 1 aromatic heterocycles. The van der Waals surface area contributed by atoms with Crippen molar-refractivity contribution in [3.8, 4) is 0 Å². The Balaban J connectivity index is 1.89. The molecule has 0 aromatic carbocycles. The van der Waals surface area contributed by atoms with Gasteiger partial charge in [0.05, 0.1) is 11.7 Å². The number of hydrogen-bond acceptors (Lipinski definition) is 5. The van der Waals surface area contributed by atoms with Crippen LogP contribution in [0.5, 0.6) is 0 Å². The van der Waals surface area contributed by atoms with Gasteiger partial charge in [0.2, 0.25) is 11.5 Å². The molecule has 1 aliphatic heterocycles. The predicted octanol–water partition coefficient (Wildman–Crippen LogP) is 0.104. The largest absolute Gasteiger partial charge is 0.391 e. The Labute approximate surface area is 170 Å². The summed E-state index contributed by atoms with van der Waals surface area (Å²) in [6.07, 6.45) is -0.237. The lowest BCUT2D eigenvalue weighted by molar-refractivity contribution is -0.134. The number of carbonyl (C=O) groups is 2. The Hall–Kier alpha value is -2.19. The number of hydrogen-bond donors (Lipinski definition) is 4. The van der Waals surface area contributed by atoms with E-state index in [1.807, 2.05) is 27.7 Å². The topological polar surface area (TPSA) is 129 Å². The second kappa shape index (κ2) is 8.28. The molecule has 0 radical (unpaired) electrons. The number of nitrogens with two attached hydrogens (primary N) is 1. The van der Waals surface area contributed by atoms with Crippen molar-refractivity contribution < 1.29 is 14.7 Å². The third kappa shape index (κ3) is 3.96. The molecule has 8 nitrogen and oxygen atoms in total. The van der Waals surface area contributed by atoms with Gasteiger partial charge in [0.15, 0.2) is 0 Å². The smallest absolute Gasteiger partial charge is 0.255 e. The van der Waals surface area contributed by atoms with Gasteiger partial charge in [0, 0.05) is 48.8 Å². The quantitative estimate of drug-likeness (QED) is 0.566. The minimum absolute atomic E-state index is 0.00335. The van der Waals surface area contributed by atoms with E-state index >= 15 is 0 Å². The summed E-state index contributed by atoms with van der Waals surface area (Å²) in [5.74, 6) is -1.23. The van der Waals surface area contributed by atoms with E-state index in [2.05, 4.69) is 10.3 Å². The molecule has 1 aliphatic carbocycles. The van der Waals surface area contributed by atoms with E-state index in [-0.39, 0.29) is 47.1 Å². The fourth-order valence-corrected chi connectivity index (χ4v) is 4.97. The lowest BCUT2D eigenvalue weighted by Crippen LogP contribution is -2.59. The van der Waals surface area contributed by atoms with Crippen LogP contribution in [0.25, 0.3) is 0 Å². The SMILES string of the molecule is CCc1[nH]c(=O)ccc1C(=O)N1C[C@@H]2[C@H](O)[C@@H](N)[C@H](C)[C@H](C(=O)NC(C)C)[C@H]2C1. The van der Waals surface area contributed by atoms with Crippen molar-refractivity contribution in [2.45, 2.75) is 52.3 Å². The van der Waals surface area contributed by atoms with Gasteiger partial charge in [0.25, 0.3) is 5.91 Å². The Bertz CT molecular complexity index is 836. The summed E-state index contributed by atoms with van der Waals surface area (Å²) in [5, 5.41) is 13.7. The summed E-state index contributed by atoms with van der Waals surface area (Å²) in [6.45, 7) is 8.32. The molecule has 0 spiro atoms. The third-order valence-corrected chi connectivity index (χ3v) is 6.49. The van der Waals surface area contributed by atoms with Crippen LogP contribution in [0.2, 0.25) is 0 Å². The Morgan fingerprint density at radius 2 is 1.97 bits per heavy atom. The molecular weight excluding hydrogens is 372 g/mol. The number of H-pyrrole nitrogens is 1. The van der Waals surface area contributed by atoms with Crippen LogP contribution in [0.1, 0.15) is 43.7 Å². The van der Waals surface area contributed by atoms with Gasteiger partial charge in [-0.2, -0.15) is 0 Å². The molecule has 8 heteroatoms. The van der Waals surface area contributed by atoms with Gasteiger partial charge >= 0.3 is 0 Å². The number of aromatic nitrogens is 1. The number of pyridine rings is 1. The number of likely N-dealkylation sites (tertiary alicyclic amines) is 1. The van der Waals surface area contributed by atoms with Crippen molar-refractivity contribution in [3.05, 3.63) is 33.7 Å². The maximum Gasteiger partial charge on any atom is 0.255 e. The van der Waals surface area contributed by atoms with Crippen LogP contribution in [-0.2, 0) is 11.2 Å². The highest BCUT2D eigenvalue weighted by atomic mass is 16.3. The van der Waals surface area contributed by atoms with Gasteiger partial charge in [-0.3, -0.25) is 14.4 Å². The van der Waals surface area contributed by atoms with Crippen LogP contribution in [0.4, 0.5) is 0 Å². The van der Waals surface area contributed by atoms with Gasteiger partial charge in [-0.15, -0.1) is 0 Å². The number of amides is 2. The zero-order chi connectivity index (χ0) is 21.5. The summed E-state index contributed by atoms with van der Waals surface area (Å²) in [5.41, 5.74) is 7.07. The van der Waals surface area contributed by atoms with Crippen molar-refractivity contribution in [1.82, 2.24) is 15.2 Å². The Morgan fingerprint density at radius 1 is 1.31 bits per heavy atom. The lowest BCUT2D eigenvalue weighted by atomic mass is 9.64. The van der Waals surface area contributed by atoms with Crippen molar-refractivity contribution in [2.75, 3.05) is 13.1 Å². The average Bonchev–Trinajstić information content (AvgIpc) is 3.10. The van der Waals surface area contributed by atoms with Crippen molar-refractivity contribution in [2.24, 2.45) is 29.4 Å². The number of fused-ring (bicyclic) bond motifs is 1. The van der Waals surface area contributed by atoms with Gasteiger partial charge < -0.3 is 26.0 Å². The fourth-order valence-electron chi connectivity index (χ4n) is 4.97. The second-order valence-electron chi connectivity index (χ2n) is 8.72. The van der Waals surface area contributed by atoms with E-state index in [9.17, 15) is 19.5 Å². The summed E-state index contributed by atoms with van der Waals surface area (Å²) in [7, 11) is 0. The highest BCUT2D eigenvalue weighted by Crippen LogP contribution is 2.43. The predicted molar refractivity (Wildman–Crippen MR) is 109 cm³/mol. The van der Waals surface area contributed by atoms with E-state index in [1.54, 1.807) is 11.0 Å². The molecule has 0 bridgehead atoms. The second-order valence-corrected chi connectivity index (χ2v) is 8.72. The summed E-state index contributed by atoms with van der Waals surface area (Å²) in [4.78, 5) is 42.1. The number of aliphatic hydroxyl groups is 1. The first kappa shape index (κ1) is 21.5. The highest BCUT2D eigenvalue weighted by molar-refractivity contribution is 5.95. The molecule has 29 heavy (non-hydrogen) atoms. The van der Waals surface area contributed by atoms with E-state index in [0.29, 0.717) is 30.8 Å². The minimum atomic E-state index is -0.767. The first-order valence-electron chi connectivity index (χ1n) is 10.4. The van der Waals surface area contributed by atoms with Crippen LogP contribution in [-0.4, -0.2) is 58.1 Å². The first-order chi connectivity index (χ1) is 13.6. The first-order valence-corrected chi connectivity index (χ1v) is 10.4. The highest BCUT2D eigenvalue weighted by Gasteiger charge is 2.54. The average molecular weight is 405 g/mol. The van der Waals surface area contributed by atoms with Crippen LogP contribution in [0, 0.1) is 23.7 Å². The van der Waals surface area contributed by atoms with Crippen molar-refractivity contribution >= 4 is 11.8 Å². The molecule has 2 heterocycles. The minimum Gasteiger partial charge on any atom is -0.391 e. The summed E-state index contributed by atoms with van der Waals surface area (Å²) in [6, 6.07) is 2.38. The number of rotatable bonds is 4. The maximum atomic E-state index is 13.2. The van der Waals surface area contributed by atoms with Gasteiger partial charge in [-0.05, 0) is 38.2 Å². The molecule has 1 aromatic rings. The van der Waals surface area contributed by atoms with E-state index in [4.69, 9.17) is 5.73 Å². The van der Waals surface area contributed by atoms with E-state index in [1.165, 1.54) is 6.07 Å². The van der Waals surface area contributed by atoms with Crippen LogP contribution in [0.15, 0.2) is 16.9 Å². The van der Waals surface area contributed by atoms with Crippen molar-refractivity contribution in [3.63, 3.8) is 0 Å². The molecule has 2 aliphatic rings. The number of nitrogens with zero attached hydrogens (tertiary/aromatic N) is 1. The normalized spacial score (nSPS) is 31.6. The van der Waals surface area contributed by atoms with E-state index < -0.39 is 12.1 Å². The number of aryl methyl sites for hydroxylation is 1. The molecule has 3 rings (SSSR count). The monoisotopic (exact) mass is 404 g/mol. The van der Waals surface area contributed by atoms with Gasteiger partial charge in [-0.1, -0.05) is 13.8 Å². The molecule has 1 saturated carbocycles. The molecular formula is C21H32N4O4. The molecule has 160 valence electrons. The van der Waals surface area contributed by atoms with Crippen LogP contribution in [0.3, 0.4) is 0 Å². The fraction of sp³-hybridized carbons (Fsp3) is 0.667. The number of aliphatic hydroxyl groups excluding tert-OH is 1. The van der Waals surface area contributed by atoms with Crippen LogP contribution < -0.4 is 16.6 Å². The molecule has 1 saturated heterocycles. The van der Waals surface area contributed by atoms with Gasteiger partial charge in [0.1, 0.15) is 0 Å². The Morgan fingerprint density at radius 3 is 2.59 bits per heavy atom. The zero-order valence-electron chi connectivity index (χ0n) is 17.5. The molecule has 2 amide bonds. The summed E-state index contributed by atoms with van der Waals surface area (Å²) < 4.78 is 0. The standard InChI is InChI=1S/C21H32N4O4/c1-5-15-12(6-7-16(26)24-15)21(29)25-8-13-14(9-25)19(27)18(22)11(4)17(13)20(28)23-10(2)3/h6-7,10-11,13-14,17-19,27H,5,8-9,22H2,1-4H3,(H,23,28)(H,24,26)/t11-,13+,14+,17+,18+,19+/m1/s1. The maximum absolute atomic E-state index is 13.2. The molecule has 6 atom stereocenters. The van der Waals surface area contributed by atoms with E-state index in [0.717, 1.165) is 0 Å². The molecule has 0 unspecified atom stereocenters. The number of aromatic amines is 1. The number of carbonyl (C=O) groups excluding carboxylic acids is 2. The number of nitrogens with one attached hydrogen (secondary N) is 2. The summed E-state index contributed by atoms with van der Waals surface area (Å²) >= 11 is 0. The molecule has 2 fully saturated rings. The lowest BCUT2D eigenvalue weighted by Gasteiger charge is -2.44. The van der Waals surface area contributed by atoms with Gasteiger partial charge in [-0.25, -0.2) is 0 Å². The Kier molecular flexibility index (Phi) is 6.14. The third-order valence-electron chi connectivity index (χ3n) is 6.49. The van der Waals surface area contributed by atoms with Crippen LogP contribution >= 0.6 is 0 Å². The zero-order valence-corrected chi connectivity index (χ0v) is 17.5.